The number of nitrogens with one attached hydrogen (secondary N) is 1. The van der Waals surface area contributed by atoms with E-state index in [1.54, 1.807) is 23.1 Å². The standard InChI is InChI=1S/C26H25ClN2O3/c1-16-7-10-22(13-17(16)2)32-21-11-8-20(9-12-21)28-26(31)19-14-25(30)29(15-19)24-6-4-5-23(27)18(24)3/h4-13,19H,14-15H2,1-3H3,(H,28,31)/t19-/m0/s1. The fraction of sp³-hybridized carbons (Fsp3) is 0.231. The molecule has 0 bridgehead atoms. The van der Waals surface area contributed by atoms with Crippen LogP contribution in [0.15, 0.2) is 60.7 Å². The first-order valence-corrected chi connectivity index (χ1v) is 10.9. The number of carbonyl (C=O) groups excluding carboxylic acids is 2. The number of halogens is 1. The number of anilines is 2. The van der Waals surface area contributed by atoms with Crippen molar-refractivity contribution in [3.05, 3.63) is 82.4 Å². The molecular formula is C26H25ClN2O3. The minimum Gasteiger partial charge on any atom is -0.457 e. The van der Waals surface area contributed by atoms with Gasteiger partial charge in [0.05, 0.1) is 5.92 Å². The molecule has 1 aliphatic rings. The molecule has 1 heterocycles. The summed E-state index contributed by atoms with van der Waals surface area (Å²) < 4.78 is 5.90. The van der Waals surface area contributed by atoms with Crippen LogP contribution in [0.4, 0.5) is 11.4 Å². The third-order valence-corrected chi connectivity index (χ3v) is 6.27. The zero-order chi connectivity index (χ0) is 22.8. The van der Waals surface area contributed by atoms with Gasteiger partial charge in [0.2, 0.25) is 11.8 Å². The Balaban J connectivity index is 1.39. The average Bonchev–Trinajstić information content (AvgIpc) is 3.16. The molecule has 1 aliphatic heterocycles. The molecule has 0 aliphatic carbocycles. The summed E-state index contributed by atoms with van der Waals surface area (Å²) in [5.41, 5.74) is 4.63. The molecule has 0 aromatic heterocycles. The number of hydrogen-bond donors (Lipinski definition) is 1. The minimum absolute atomic E-state index is 0.0762. The van der Waals surface area contributed by atoms with Crippen molar-refractivity contribution in [1.29, 1.82) is 0 Å². The first kappa shape index (κ1) is 21.9. The Morgan fingerprint density at radius 2 is 1.72 bits per heavy atom. The molecule has 1 saturated heterocycles. The van der Waals surface area contributed by atoms with Gasteiger partial charge in [-0.25, -0.2) is 0 Å². The molecular weight excluding hydrogens is 424 g/mol. The fourth-order valence-corrected chi connectivity index (χ4v) is 3.94. The molecule has 164 valence electrons. The summed E-state index contributed by atoms with van der Waals surface area (Å²) in [4.78, 5) is 27.0. The maximum absolute atomic E-state index is 12.8. The second-order valence-corrected chi connectivity index (χ2v) is 8.56. The van der Waals surface area contributed by atoms with Crippen LogP contribution in [0.3, 0.4) is 0 Å². The van der Waals surface area contributed by atoms with Gasteiger partial charge in [-0.3, -0.25) is 9.59 Å². The molecule has 0 saturated carbocycles. The van der Waals surface area contributed by atoms with E-state index in [0.29, 0.717) is 23.0 Å². The Hall–Kier alpha value is -3.31. The molecule has 32 heavy (non-hydrogen) atoms. The van der Waals surface area contributed by atoms with Crippen LogP contribution in [0, 0.1) is 26.7 Å². The normalized spacial score (nSPS) is 15.7. The van der Waals surface area contributed by atoms with Crippen LogP contribution >= 0.6 is 11.6 Å². The van der Waals surface area contributed by atoms with Gasteiger partial charge in [0, 0.05) is 29.4 Å². The van der Waals surface area contributed by atoms with Gasteiger partial charge in [-0.1, -0.05) is 23.7 Å². The Kier molecular flexibility index (Phi) is 6.19. The van der Waals surface area contributed by atoms with Crippen molar-refractivity contribution in [2.45, 2.75) is 27.2 Å². The lowest BCUT2D eigenvalue weighted by Gasteiger charge is -2.19. The van der Waals surface area contributed by atoms with Crippen molar-refractivity contribution in [1.82, 2.24) is 0 Å². The Bertz CT molecular complexity index is 1170. The topological polar surface area (TPSA) is 58.6 Å². The molecule has 1 fully saturated rings. The molecule has 2 amide bonds. The minimum atomic E-state index is -0.424. The van der Waals surface area contributed by atoms with E-state index in [0.717, 1.165) is 17.0 Å². The van der Waals surface area contributed by atoms with E-state index in [1.165, 1.54) is 11.1 Å². The van der Waals surface area contributed by atoms with Crippen LogP contribution in [0.25, 0.3) is 0 Å². The second-order valence-electron chi connectivity index (χ2n) is 8.15. The van der Waals surface area contributed by atoms with Crippen molar-refractivity contribution < 1.29 is 14.3 Å². The van der Waals surface area contributed by atoms with E-state index in [4.69, 9.17) is 16.3 Å². The number of hydrogen-bond acceptors (Lipinski definition) is 3. The van der Waals surface area contributed by atoms with Crippen LogP contribution in [0.1, 0.15) is 23.1 Å². The lowest BCUT2D eigenvalue weighted by atomic mass is 10.1. The van der Waals surface area contributed by atoms with Crippen molar-refractivity contribution in [3.63, 3.8) is 0 Å². The molecule has 4 rings (SSSR count). The SMILES string of the molecule is Cc1ccc(Oc2ccc(NC(=O)[C@H]3CC(=O)N(c4cccc(Cl)c4C)C3)cc2)cc1C. The zero-order valence-electron chi connectivity index (χ0n) is 18.3. The lowest BCUT2D eigenvalue weighted by molar-refractivity contribution is -0.122. The zero-order valence-corrected chi connectivity index (χ0v) is 19.1. The smallest absolute Gasteiger partial charge is 0.229 e. The Morgan fingerprint density at radius 3 is 2.44 bits per heavy atom. The highest BCUT2D eigenvalue weighted by atomic mass is 35.5. The van der Waals surface area contributed by atoms with E-state index < -0.39 is 5.92 Å². The predicted molar refractivity (Wildman–Crippen MR) is 128 cm³/mol. The number of carbonyl (C=O) groups is 2. The maximum atomic E-state index is 12.8. The summed E-state index contributed by atoms with van der Waals surface area (Å²) in [6, 6.07) is 18.6. The number of nitrogens with zero attached hydrogens (tertiary/aromatic N) is 1. The third-order valence-electron chi connectivity index (χ3n) is 5.86. The van der Waals surface area contributed by atoms with Gasteiger partial charge < -0.3 is 15.0 Å². The highest BCUT2D eigenvalue weighted by molar-refractivity contribution is 6.31. The fourth-order valence-electron chi connectivity index (χ4n) is 3.77. The van der Waals surface area contributed by atoms with Crippen LogP contribution in [-0.2, 0) is 9.59 Å². The molecule has 0 radical (unpaired) electrons. The summed E-state index contributed by atoms with van der Waals surface area (Å²) in [7, 11) is 0. The highest BCUT2D eigenvalue weighted by Crippen LogP contribution is 2.32. The Morgan fingerprint density at radius 1 is 1.00 bits per heavy atom. The van der Waals surface area contributed by atoms with Crippen molar-refractivity contribution in [2.75, 3.05) is 16.8 Å². The quantitative estimate of drug-likeness (QED) is 0.517. The summed E-state index contributed by atoms with van der Waals surface area (Å²) in [5.74, 6) is 0.777. The molecule has 0 unspecified atom stereocenters. The summed E-state index contributed by atoms with van der Waals surface area (Å²) >= 11 is 6.20. The molecule has 6 heteroatoms. The Labute approximate surface area is 193 Å². The number of rotatable bonds is 5. The predicted octanol–water partition coefficient (Wildman–Crippen LogP) is 6.05. The second kappa shape index (κ2) is 9.05. The first-order valence-electron chi connectivity index (χ1n) is 10.5. The monoisotopic (exact) mass is 448 g/mol. The molecule has 3 aromatic carbocycles. The summed E-state index contributed by atoms with van der Waals surface area (Å²) in [5, 5.41) is 3.51. The molecule has 0 spiro atoms. The van der Waals surface area contributed by atoms with Crippen molar-refractivity contribution >= 4 is 34.8 Å². The maximum Gasteiger partial charge on any atom is 0.229 e. The van der Waals surface area contributed by atoms with E-state index in [9.17, 15) is 9.59 Å². The van der Waals surface area contributed by atoms with Crippen LogP contribution < -0.4 is 15.0 Å². The number of amides is 2. The van der Waals surface area contributed by atoms with Gasteiger partial charge in [-0.15, -0.1) is 0 Å². The van der Waals surface area contributed by atoms with Crippen LogP contribution in [0.2, 0.25) is 5.02 Å². The van der Waals surface area contributed by atoms with Gasteiger partial charge in [-0.05, 0) is 86.0 Å². The van der Waals surface area contributed by atoms with Gasteiger partial charge in [-0.2, -0.15) is 0 Å². The van der Waals surface area contributed by atoms with Crippen LogP contribution in [0.5, 0.6) is 11.5 Å². The van der Waals surface area contributed by atoms with Crippen molar-refractivity contribution in [3.8, 4) is 11.5 Å². The van der Waals surface area contributed by atoms with E-state index in [-0.39, 0.29) is 18.2 Å². The van der Waals surface area contributed by atoms with E-state index in [2.05, 4.69) is 12.2 Å². The molecule has 1 atom stereocenters. The number of benzene rings is 3. The van der Waals surface area contributed by atoms with Gasteiger partial charge in [0.15, 0.2) is 0 Å². The van der Waals surface area contributed by atoms with Gasteiger partial charge >= 0.3 is 0 Å². The molecule has 1 N–H and O–H groups in total. The van der Waals surface area contributed by atoms with Crippen LogP contribution in [-0.4, -0.2) is 18.4 Å². The lowest BCUT2D eigenvalue weighted by Crippen LogP contribution is -2.28. The molecule has 5 nitrogen and oxygen atoms in total. The number of ether oxygens (including phenoxy) is 1. The average molecular weight is 449 g/mol. The number of aryl methyl sites for hydroxylation is 2. The van der Waals surface area contributed by atoms with Gasteiger partial charge in [0.1, 0.15) is 11.5 Å². The van der Waals surface area contributed by atoms with Gasteiger partial charge in [0.25, 0.3) is 0 Å². The van der Waals surface area contributed by atoms with E-state index >= 15 is 0 Å². The first-order chi connectivity index (χ1) is 15.3. The van der Waals surface area contributed by atoms with E-state index in [1.807, 2.05) is 56.3 Å². The highest BCUT2D eigenvalue weighted by Gasteiger charge is 2.35. The summed E-state index contributed by atoms with van der Waals surface area (Å²) in [6.07, 6.45) is 0.172. The largest absolute Gasteiger partial charge is 0.457 e. The summed E-state index contributed by atoms with van der Waals surface area (Å²) in [6.45, 7) is 6.31. The van der Waals surface area contributed by atoms with Crippen molar-refractivity contribution in [2.24, 2.45) is 5.92 Å². The molecule has 3 aromatic rings. The third kappa shape index (κ3) is 4.63.